The van der Waals surface area contributed by atoms with Crippen LogP contribution in [0.1, 0.15) is 12.8 Å². The normalized spacial score (nSPS) is 10.7. The number of carbonyl (C=O) groups is 2. The summed E-state index contributed by atoms with van der Waals surface area (Å²) in [7, 11) is 2.28. The lowest BCUT2D eigenvalue weighted by molar-refractivity contribution is -0.393. The first-order chi connectivity index (χ1) is 11.8. The highest BCUT2D eigenvalue weighted by Crippen LogP contribution is 2.28. The maximum Gasteiger partial charge on any atom is 0.354 e. The number of methoxy groups -OCH3 is 2. The summed E-state index contributed by atoms with van der Waals surface area (Å²) in [5.41, 5.74) is 0.836. The van der Waals surface area contributed by atoms with Gasteiger partial charge in [0.25, 0.3) is 5.69 Å². The largest absolute Gasteiger partial charge is 0.469 e. The van der Waals surface area contributed by atoms with Gasteiger partial charge in [0.2, 0.25) is 0 Å². The lowest BCUT2D eigenvalue weighted by Crippen LogP contribution is -2.19. The zero-order valence-corrected chi connectivity index (χ0v) is 13.3. The lowest BCUT2D eigenvalue weighted by atomic mass is 10.2. The Hall–Kier alpha value is -3.57. The molecule has 12 nitrogen and oxygen atoms in total. The number of esters is 2. The number of non-ortho nitro benzene ring substituents is 1. The fraction of sp³-hybridized carbons (Fsp3) is 0.308. The molecule has 25 heavy (non-hydrogen) atoms. The maximum atomic E-state index is 11.6. The molecule has 12 heteroatoms. The Labute approximate surface area is 140 Å². The second kappa shape index (κ2) is 8.90. The first kappa shape index (κ1) is 19.5. The van der Waals surface area contributed by atoms with Crippen molar-refractivity contribution in [2.24, 2.45) is 5.10 Å². The second-order valence-electron chi connectivity index (χ2n) is 4.45. The Morgan fingerprint density at radius 3 is 2.32 bits per heavy atom. The zero-order valence-electron chi connectivity index (χ0n) is 13.3. The zero-order chi connectivity index (χ0) is 19.0. The third-order valence-electron chi connectivity index (χ3n) is 2.91. The van der Waals surface area contributed by atoms with Crippen molar-refractivity contribution in [2.75, 3.05) is 19.6 Å². The van der Waals surface area contributed by atoms with Crippen LogP contribution in [0.2, 0.25) is 0 Å². The van der Waals surface area contributed by atoms with E-state index < -0.39 is 33.2 Å². The molecule has 0 aliphatic heterocycles. The SMILES string of the molecule is COC(=O)CCC(=NNc1ccc([N+](=O)[O-])cc1[N+](=O)[O-])C(=O)OC. The highest BCUT2D eigenvalue weighted by atomic mass is 16.6. The van der Waals surface area contributed by atoms with Gasteiger partial charge < -0.3 is 9.47 Å². The molecule has 0 atom stereocenters. The molecule has 0 bridgehead atoms. The van der Waals surface area contributed by atoms with E-state index >= 15 is 0 Å². The van der Waals surface area contributed by atoms with E-state index in [9.17, 15) is 29.8 Å². The Morgan fingerprint density at radius 2 is 1.80 bits per heavy atom. The number of ether oxygens (including phenoxy) is 2. The summed E-state index contributed by atoms with van der Waals surface area (Å²) in [5.74, 6) is -1.43. The van der Waals surface area contributed by atoms with Crippen LogP contribution in [0, 0.1) is 20.2 Å². The van der Waals surface area contributed by atoms with Gasteiger partial charge in [-0.2, -0.15) is 5.10 Å². The molecule has 0 aliphatic rings. The summed E-state index contributed by atoms with van der Waals surface area (Å²) in [6.07, 6.45) is -0.290. The van der Waals surface area contributed by atoms with E-state index in [0.717, 1.165) is 25.3 Å². The fourth-order valence-electron chi connectivity index (χ4n) is 1.65. The van der Waals surface area contributed by atoms with E-state index in [-0.39, 0.29) is 24.2 Å². The van der Waals surface area contributed by atoms with E-state index in [1.165, 1.54) is 7.11 Å². The molecule has 0 radical (unpaired) electrons. The molecule has 0 amide bonds. The quantitative estimate of drug-likeness (QED) is 0.314. The minimum absolute atomic E-state index is 0.132. The highest BCUT2D eigenvalue weighted by Gasteiger charge is 2.20. The molecule has 1 aromatic carbocycles. The second-order valence-corrected chi connectivity index (χ2v) is 4.45. The van der Waals surface area contributed by atoms with Gasteiger partial charge in [-0.15, -0.1) is 0 Å². The molecule has 0 heterocycles. The van der Waals surface area contributed by atoms with E-state index in [2.05, 4.69) is 20.0 Å². The van der Waals surface area contributed by atoms with Gasteiger partial charge in [0.15, 0.2) is 0 Å². The van der Waals surface area contributed by atoms with Crippen molar-refractivity contribution in [3.63, 3.8) is 0 Å². The van der Waals surface area contributed by atoms with Gasteiger partial charge in [0.05, 0.1) is 36.6 Å². The average molecular weight is 354 g/mol. The van der Waals surface area contributed by atoms with Gasteiger partial charge in [-0.25, -0.2) is 4.79 Å². The topological polar surface area (TPSA) is 163 Å². The molecule has 1 N–H and O–H groups in total. The summed E-state index contributed by atoms with van der Waals surface area (Å²) in [6, 6.07) is 2.87. The van der Waals surface area contributed by atoms with Crippen molar-refractivity contribution >= 4 is 34.7 Å². The average Bonchev–Trinajstić information content (AvgIpc) is 2.60. The summed E-state index contributed by atoms with van der Waals surface area (Å²) in [6.45, 7) is 0. The standard InChI is InChI=1S/C13H14N4O8/c1-24-12(18)6-5-10(13(19)25-2)15-14-9-4-3-8(16(20)21)7-11(9)17(22)23/h3-4,7,14H,5-6H2,1-2H3. The molecule has 1 aromatic rings. The van der Waals surface area contributed by atoms with Gasteiger partial charge in [-0.1, -0.05) is 0 Å². The van der Waals surface area contributed by atoms with Gasteiger partial charge in [0, 0.05) is 12.5 Å². The minimum Gasteiger partial charge on any atom is -0.469 e. The van der Waals surface area contributed by atoms with Crippen molar-refractivity contribution in [3.8, 4) is 0 Å². The number of nitrogens with zero attached hydrogens (tertiary/aromatic N) is 3. The van der Waals surface area contributed by atoms with Crippen LogP contribution < -0.4 is 5.43 Å². The van der Waals surface area contributed by atoms with Crippen LogP contribution in [0.3, 0.4) is 0 Å². The van der Waals surface area contributed by atoms with Crippen molar-refractivity contribution in [1.29, 1.82) is 0 Å². The van der Waals surface area contributed by atoms with Crippen molar-refractivity contribution in [2.45, 2.75) is 12.8 Å². The van der Waals surface area contributed by atoms with Crippen LogP contribution in [0.5, 0.6) is 0 Å². The van der Waals surface area contributed by atoms with E-state index in [1.807, 2.05) is 0 Å². The fourth-order valence-corrected chi connectivity index (χ4v) is 1.65. The monoisotopic (exact) mass is 354 g/mol. The lowest BCUT2D eigenvalue weighted by Gasteiger charge is -2.06. The van der Waals surface area contributed by atoms with E-state index in [1.54, 1.807) is 0 Å². The Balaban J connectivity index is 3.08. The summed E-state index contributed by atoms with van der Waals surface area (Å²) >= 11 is 0. The number of carbonyl (C=O) groups excluding carboxylic acids is 2. The van der Waals surface area contributed by atoms with Gasteiger partial charge >= 0.3 is 17.6 Å². The van der Waals surface area contributed by atoms with Crippen LogP contribution in [-0.4, -0.2) is 41.7 Å². The maximum absolute atomic E-state index is 11.6. The number of hydrazone groups is 1. The number of nitro benzene ring substituents is 2. The van der Waals surface area contributed by atoms with Crippen molar-refractivity contribution < 1.29 is 28.9 Å². The molecule has 0 unspecified atom stereocenters. The number of anilines is 1. The van der Waals surface area contributed by atoms with E-state index in [4.69, 9.17) is 0 Å². The molecule has 0 saturated carbocycles. The van der Waals surface area contributed by atoms with Gasteiger partial charge in [0.1, 0.15) is 11.4 Å². The number of nitrogens with one attached hydrogen (secondary N) is 1. The Morgan fingerprint density at radius 1 is 1.12 bits per heavy atom. The first-order valence-corrected chi connectivity index (χ1v) is 6.70. The van der Waals surface area contributed by atoms with E-state index in [0.29, 0.717) is 0 Å². The Kier molecular flexibility index (Phi) is 6.94. The van der Waals surface area contributed by atoms with Gasteiger partial charge in [-0.3, -0.25) is 30.4 Å². The number of nitro groups is 2. The third-order valence-corrected chi connectivity index (χ3v) is 2.91. The molecular weight excluding hydrogens is 340 g/mol. The molecular formula is C13H14N4O8. The molecule has 0 saturated heterocycles. The van der Waals surface area contributed by atoms with Crippen LogP contribution >= 0.6 is 0 Å². The van der Waals surface area contributed by atoms with Crippen LogP contribution in [-0.2, 0) is 19.1 Å². The molecule has 0 aliphatic carbocycles. The smallest absolute Gasteiger partial charge is 0.354 e. The molecule has 0 spiro atoms. The molecule has 0 aromatic heterocycles. The predicted molar refractivity (Wildman–Crippen MR) is 84.1 cm³/mol. The summed E-state index contributed by atoms with van der Waals surface area (Å²) in [4.78, 5) is 42.9. The number of rotatable bonds is 8. The van der Waals surface area contributed by atoms with Crippen molar-refractivity contribution in [3.05, 3.63) is 38.4 Å². The molecule has 1 rings (SSSR count). The van der Waals surface area contributed by atoms with Crippen LogP contribution in [0.15, 0.2) is 23.3 Å². The van der Waals surface area contributed by atoms with Crippen LogP contribution in [0.25, 0.3) is 0 Å². The first-order valence-electron chi connectivity index (χ1n) is 6.70. The summed E-state index contributed by atoms with van der Waals surface area (Å²) < 4.78 is 8.95. The number of benzene rings is 1. The van der Waals surface area contributed by atoms with Crippen LogP contribution in [0.4, 0.5) is 17.1 Å². The number of hydrogen-bond donors (Lipinski definition) is 1. The molecule has 134 valence electrons. The van der Waals surface area contributed by atoms with Crippen molar-refractivity contribution in [1.82, 2.24) is 0 Å². The Bertz CT molecular complexity index is 731. The predicted octanol–water partition coefficient (Wildman–Crippen LogP) is 1.40. The highest BCUT2D eigenvalue weighted by molar-refractivity contribution is 6.36. The third kappa shape index (κ3) is 5.53. The minimum atomic E-state index is -0.846. The summed E-state index contributed by atoms with van der Waals surface area (Å²) in [5, 5.41) is 25.4. The van der Waals surface area contributed by atoms with Gasteiger partial charge in [-0.05, 0) is 6.07 Å². The molecule has 0 fully saturated rings. The number of hydrogen-bond acceptors (Lipinski definition) is 10.